The summed E-state index contributed by atoms with van der Waals surface area (Å²) in [5.41, 5.74) is 0.0924. The van der Waals surface area contributed by atoms with Gasteiger partial charge in [-0.05, 0) is 43.9 Å². The molecule has 1 unspecified atom stereocenters. The van der Waals surface area contributed by atoms with Crippen molar-refractivity contribution < 1.29 is 13.9 Å². The number of halogens is 2. The lowest BCUT2D eigenvalue weighted by atomic mass is 10.0. The van der Waals surface area contributed by atoms with Gasteiger partial charge in [-0.1, -0.05) is 11.6 Å². The molecule has 1 aliphatic rings. The van der Waals surface area contributed by atoms with Gasteiger partial charge in [0.05, 0.1) is 11.7 Å². The second-order valence-corrected chi connectivity index (χ2v) is 5.01. The Balaban J connectivity index is 1.85. The maximum Gasteiger partial charge on any atom is 0.165 e. The molecule has 18 heavy (non-hydrogen) atoms. The van der Waals surface area contributed by atoms with E-state index in [4.69, 9.17) is 16.3 Å². The van der Waals surface area contributed by atoms with E-state index in [1.807, 2.05) is 0 Å². The van der Waals surface area contributed by atoms with Crippen molar-refractivity contribution in [2.24, 2.45) is 0 Å². The Bertz CT molecular complexity index is 428. The fraction of sp³-hybridized carbons (Fsp3) is 0.500. The largest absolute Gasteiger partial charge is 0.378 e. The van der Waals surface area contributed by atoms with E-state index in [0.717, 1.165) is 32.3 Å². The molecule has 0 radical (unpaired) electrons. The quantitative estimate of drug-likeness (QED) is 0.756. The second kappa shape index (κ2) is 6.30. The Morgan fingerprint density at radius 2 is 2.33 bits per heavy atom. The molecule has 1 heterocycles. The first-order chi connectivity index (χ1) is 8.66. The number of carbonyl (C=O) groups is 1. The van der Waals surface area contributed by atoms with Crippen LogP contribution in [0.5, 0.6) is 0 Å². The third-order valence-electron chi connectivity index (χ3n) is 3.18. The van der Waals surface area contributed by atoms with Crippen LogP contribution in [0.3, 0.4) is 0 Å². The summed E-state index contributed by atoms with van der Waals surface area (Å²) in [6.45, 7) is 0.821. The van der Waals surface area contributed by atoms with Crippen molar-refractivity contribution in [3.05, 3.63) is 34.6 Å². The van der Waals surface area contributed by atoms with Crippen LogP contribution in [-0.4, -0.2) is 18.5 Å². The van der Waals surface area contributed by atoms with Crippen molar-refractivity contribution in [1.29, 1.82) is 0 Å². The molecule has 2 nitrogen and oxygen atoms in total. The molecule has 1 aromatic rings. The molecule has 1 atom stereocenters. The van der Waals surface area contributed by atoms with Crippen LogP contribution < -0.4 is 0 Å². The average Bonchev–Trinajstić information content (AvgIpc) is 2.85. The molecule has 2 rings (SSSR count). The molecule has 0 aliphatic carbocycles. The fourth-order valence-corrected chi connectivity index (χ4v) is 2.38. The van der Waals surface area contributed by atoms with E-state index in [9.17, 15) is 9.18 Å². The number of hydrogen-bond acceptors (Lipinski definition) is 2. The third kappa shape index (κ3) is 3.53. The number of benzene rings is 1. The predicted octanol–water partition coefficient (Wildman–Crippen LogP) is 4.01. The molecule has 98 valence electrons. The first-order valence-electron chi connectivity index (χ1n) is 6.26. The molecule has 1 aromatic carbocycles. The maximum atomic E-state index is 13.4. The standard InChI is InChI=1S/C14H16ClFO2/c15-10-6-7-13(16)12(9-10)14(17)5-1-3-11-4-2-8-18-11/h6-7,9,11H,1-5,8H2. The van der Waals surface area contributed by atoms with Crippen molar-refractivity contribution in [2.45, 2.75) is 38.2 Å². The van der Waals surface area contributed by atoms with Gasteiger partial charge in [-0.3, -0.25) is 4.79 Å². The summed E-state index contributed by atoms with van der Waals surface area (Å²) in [6, 6.07) is 4.07. The fourth-order valence-electron chi connectivity index (χ4n) is 2.21. The van der Waals surface area contributed by atoms with Gasteiger partial charge in [0.25, 0.3) is 0 Å². The predicted molar refractivity (Wildman–Crippen MR) is 68.6 cm³/mol. The Morgan fingerprint density at radius 3 is 3.06 bits per heavy atom. The summed E-state index contributed by atoms with van der Waals surface area (Å²) in [7, 11) is 0. The first kappa shape index (κ1) is 13.5. The van der Waals surface area contributed by atoms with Gasteiger partial charge in [0, 0.05) is 18.1 Å². The highest BCUT2D eigenvalue weighted by atomic mass is 35.5. The van der Waals surface area contributed by atoms with Gasteiger partial charge in [-0.2, -0.15) is 0 Å². The normalized spacial score (nSPS) is 19.1. The molecule has 1 aliphatic heterocycles. The molecule has 0 saturated carbocycles. The molecule has 0 bridgehead atoms. The smallest absolute Gasteiger partial charge is 0.165 e. The van der Waals surface area contributed by atoms with Gasteiger partial charge in [-0.15, -0.1) is 0 Å². The Hall–Kier alpha value is -0.930. The van der Waals surface area contributed by atoms with Crippen molar-refractivity contribution in [1.82, 2.24) is 0 Å². The van der Waals surface area contributed by atoms with Gasteiger partial charge < -0.3 is 4.74 Å². The molecular formula is C14H16ClFO2. The van der Waals surface area contributed by atoms with E-state index in [1.54, 1.807) is 0 Å². The number of rotatable bonds is 5. The number of carbonyl (C=O) groups excluding carboxylic acids is 1. The molecular weight excluding hydrogens is 255 g/mol. The monoisotopic (exact) mass is 270 g/mol. The van der Waals surface area contributed by atoms with Crippen molar-refractivity contribution in [2.75, 3.05) is 6.61 Å². The van der Waals surface area contributed by atoms with Crippen LogP contribution in [0.4, 0.5) is 4.39 Å². The third-order valence-corrected chi connectivity index (χ3v) is 3.42. The first-order valence-corrected chi connectivity index (χ1v) is 6.64. The lowest BCUT2D eigenvalue weighted by Gasteiger charge is -2.08. The van der Waals surface area contributed by atoms with Crippen molar-refractivity contribution in [3.8, 4) is 0 Å². The van der Waals surface area contributed by atoms with Gasteiger partial charge in [0.1, 0.15) is 5.82 Å². The average molecular weight is 271 g/mol. The van der Waals surface area contributed by atoms with Crippen molar-refractivity contribution in [3.63, 3.8) is 0 Å². The summed E-state index contributed by atoms with van der Waals surface area (Å²) in [5, 5.41) is 0.388. The summed E-state index contributed by atoms with van der Waals surface area (Å²) < 4.78 is 18.9. The molecule has 1 saturated heterocycles. The zero-order valence-corrected chi connectivity index (χ0v) is 10.9. The minimum atomic E-state index is -0.499. The van der Waals surface area contributed by atoms with Crippen LogP contribution in [0.1, 0.15) is 42.5 Å². The number of ketones is 1. The SMILES string of the molecule is O=C(CCCC1CCCO1)c1cc(Cl)ccc1F. The highest BCUT2D eigenvalue weighted by Gasteiger charge is 2.17. The highest BCUT2D eigenvalue weighted by Crippen LogP contribution is 2.20. The Labute approximate surface area is 111 Å². The van der Waals surface area contributed by atoms with Gasteiger partial charge in [-0.25, -0.2) is 4.39 Å². The van der Waals surface area contributed by atoms with E-state index in [0.29, 0.717) is 11.4 Å². The second-order valence-electron chi connectivity index (χ2n) is 4.57. The molecule has 0 amide bonds. The van der Waals surface area contributed by atoms with E-state index in [1.165, 1.54) is 18.2 Å². The van der Waals surface area contributed by atoms with E-state index >= 15 is 0 Å². The number of ether oxygens (including phenoxy) is 1. The molecule has 4 heteroatoms. The topological polar surface area (TPSA) is 26.3 Å². The molecule has 0 N–H and O–H groups in total. The summed E-state index contributed by atoms with van der Waals surface area (Å²) >= 11 is 5.76. The van der Waals surface area contributed by atoms with Crippen LogP contribution in [0.25, 0.3) is 0 Å². The maximum absolute atomic E-state index is 13.4. The number of hydrogen-bond donors (Lipinski definition) is 0. The minimum absolute atomic E-state index is 0.0924. The Kier molecular flexibility index (Phi) is 4.72. The van der Waals surface area contributed by atoms with Crippen LogP contribution in [0.15, 0.2) is 18.2 Å². The summed E-state index contributed by atoms with van der Waals surface area (Å²) in [6.07, 6.45) is 4.39. The van der Waals surface area contributed by atoms with Gasteiger partial charge in [0.2, 0.25) is 0 Å². The van der Waals surface area contributed by atoms with E-state index in [2.05, 4.69) is 0 Å². The van der Waals surface area contributed by atoms with E-state index in [-0.39, 0.29) is 17.5 Å². The zero-order valence-electron chi connectivity index (χ0n) is 10.1. The van der Waals surface area contributed by atoms with Crippen LogP contribution in [0.2, 0.25) is 5.02 Å². The van der Waals surface area contributed by atoms with Crippen molar-refractivity contribution >= 4 is 17.4 Å². The Morgan fingerprint density at radius 1 is 1.50 bits per heavy atom. The highest BCUT2D eigenvalue weighted by molar-refractivity contribution is 6.31. The lowest BCUT2D eigenvalue weighted by Crippen LogP contribution is -2.07. The molecule has 0 aromatic heterocycles. The molecule has 1 fully saturated rings. The minimum Gasteiger partial charge on any atom is -0.378 e. The summed E-state index contributed by atoms with van der Waals surface area (Å²) in [5.74, 6) is -0.686. The van der Waals surface area contributed by atoms with Crippen LogP contribution >= 0.6 is 11.6 Å². The van der Waals surface area contributed by atoms with Crippen LogP contribution in [-0.2, 0) is 4.74 Å². The summed E-state index contributed by atoms with van der Waals surface area (Å²) in [4.78, 5) is 11.9. The molecule has 0 spiro atoms. The number of Topliss-reactive ketones (excluding diaryl/α,β-unsaturated/α-hetero) is 1. The van der Waals surface area contributed by atoms with Gasteiger partial charge in [0.15, 0.2) is 5.78 Å². The van der Waals surface area contributed by atoms with Crippen LogP contribution in [0, 0.1) is 5.82 Å². The zero-order chi connectivity index (χ0) is 13.0. The lowest BCUT2D eigenvalue weighted by molar-refractivity contribution is 0.0920. The van der Waals surface area contributed by atoms with E-state index < -0.39 is 5.82 Å². The van der Waals surface area contributed by atoms with Gasteiger partial charge >= 0.3 is 0 Å².